The fraction of sp³-hybridized carbons (Fsp3) is 0.417. The smallest absolute Gasteiger partial charge is 0.418 e. The van der Waals surface area contributed by atoms with Crippen molar-refractivity contribution in [3.63, 3.8) is 0 Å². The molecule has 0 aliphatic carbocycles. The number of carbonyl (C=O) groups is 1. The first-order valence-corrected chi connectivity index (χ1v) is 5.65. The minimum atomic E-state index is -5.16. The number of alkyl halides is 5. The number of hydrogen-bond donors (Lipinski definition) is 0. The van der Waals surface area contributed by atoms with Crippen molar-refractivity contribution in [3.8, 4) is 6.07 Å². The molecule has 1 rings (SSSR count). The highest BCUT2D eigenvalue weighted by molar-refractivity contribution is 5.73. The number of rotatable bonds is 4. The van der Waals surface area contributed by atoms with Crippen molar-refractivity contribution >= 4 is 5.97 Å². The quantitative estimate of drug-likeness (QED) is 0.633. The molecule has 0 saturated heterocycles. The molecule has 0 amide bonds. The lowest BCUT2D eigenvalue weighted by Crippen LogP contribution is -2.18. The lowest BCUT2D eigenvalue weighted by atomic mass is 10.00. The van der Waals surface area contributed by atoms with Crippen LogP contribution in [0.25, 0.3) is 0 Å². The molecule has 0 spiro atoms. The third-order valence-electron chi connectivity index (χ3n) is 2.43. The van der Waals surface area contributed by atoms with Crippen LogP contribution < -0.4 is 0 Å². The summed E-state index contributed by atoms with van der Waals surface area (Å²) in [6.07, 6.45) is -8.99. The predicted octanol–water partition coefficient (Wildman–Crippen LogP) is 3.02. The predicted molar refractivity (Wildman–Crippen MR) is 59.2 cm³/mol. The van der Waals surface area contributed by atoms with E-state index in [9.17, 15) is 26.7 Å². The normalized spacial score (nSPS) is 11.3. The molecule has 1 aromatic heterocycles. The van der Waals surface area contributed by atoms with Gasteiger partial charge in [-0.1, -0.05) is 0 Å². The van der Waals surface area contributed by atoms with Crippen molar-refractivity contribution in [2.75, 3.05) is 6.61 Å². The van der Waals surface area contributed by atoms with Gasteiger partial charge in [0.25, 0.3) is 6.43 Å². The van der Waals surface area contributed by atoms with Crippen molar-refractivity contribution in [1.82, 2.24) is 4.98 Å². The summed E-state index contributed by atoms with van der Waals surface area (Å²) in [5, 5.41) is 8.82. The van der Waals surface area contributed by atoms with Gasteiger partial charge in [0.1, 0.15) is 6.07 Å². The average molecular weight is 308 g/mol. The number of nitrogens with zero attached hydrogens (tertiary/aromatic N) is 2. The maximum Gasteiger partial charge on any atom is 0.418 e. The van der Waals surface area contributed by atoms with E-state index in [1.807, 2.05) is 0 Å². The van der Waals surface area contributed by atoms with Crippen molar-refractivity contribution in [2.45, 2.75) is 25.9 Å². The van der Waals surface area contributed by atoms with E-state index in [1.54, 1.807) is 0 Å². The van der Waals surface area contributed by atoms with Gasteiger partial charge in [0.05, 0.1) is 29.8 Å². The average Bonchev–Trinajstić information content (AvgIpc) is 2.36. The first-order valence-electron chi connectivity index (χ1n) is 5.65. The van der Waals surface area contributed by atoms with Crippen molar-refractivity contribution < 1.29 is 31.5 Å². The van der Waals surface area contributed by atoms with Crippen LogP contribution in [0.4, 0.5) is 22.0 Å². The fourth-order valence-electron chi connectivity index (χ4n) is 1.64. The maximum absolute atomic E-state index is 12.9. The highest BCUT2D eigenvalue weighted by Crippen LogP contribution is 2.39. The van der Waals surface area contributed by atoms with Gasteiger partial charge in [0, 0.05) is 11.8 Å². The van der Waals surface area contributed by atoms with Crippen LogP contribution in [0.5, 0.6) is 0 Å². The van der Waals surface area contributed by atoms with Gasteiger partial charge in [-0.25, -0.2) is 8.78 Å². The summed E-state index contributed by atoms with van der Waals surface area (Å²) in [6, 6.07) is 1.19. The highest BCUT2D eigenvalue weighted by Gasteiger charge is 2.40. The molecule has 0 bridgehead atoms. The van der Waals surface area contributed by atoms with E-state index < -0.39 is 47.4 Å². The Bertz CT molecular complexity index is 578. The molecule has 0 aliphatic heterocycles. The van der Waals surface area contributed by atoms with E-state index in [0.717, 1.165) is 0 Å². The lowest BCUT2D eigenvalue weighted by Gasteiger charge is -2.15. The van der Waals surface area contributed by atoms with Crippen molar-refractivity contribution in [2.24, 2.45) is 0 Å². The second kappa shape index (κ2) is 6.47. The zero-order valence-electron chi connectivity index (χ0n) is 10.7. The third-order valence-corrected chi connectivity index (χ3v) is 2.43. The zero-order valence-corrected chi connectivity index (χ0v) is 10.7. The lowest BCUT2D eigenvalue weighted by molar-refractivity contribution is -0.143. The minimum Gasteiger partial charge on any atom is -0.466 e. The van der Waals surface area contributed by atoms with Gasteiger partial charge in [-0.15, -0.1) is 0 Å². The van der Waals surface area contributed by atoms with Crippen LogP contribution in [0.15, 0.2) is 6.20 Å². The first-order chi connectivity index (χ1) is 9.72. The van der Waals surface area contributed by atoms with E-state index in [-0.39, 0.29) is 6.61 Å². The monoisotopic (exact) mass is 308 g/mol. The van der Waals surface area contributed by atoms with E-state index >= 15 is 0 Å². The maximum atomic E-state index is 12.9. The molecular formula is C12H9F5N2O2. The molecule has 0 radical (unpaired) electrons. The van der Waals surface area contributed by atoms with E-state index in [4.69, 9.17) is 5.26 Å². The number of aromatic nitrogens is 1. The topological polar surface area (TPSA) is 63.0 Å². The summed E-state index contributed by atoms with van der Waals surface area (Å²) in [5.41, 5.74) is -4.80. The molecule has 1 heterocycles. The Morgan fingerprint density at radius 3 is 2.52 bits per heavy atom. The van der Waals surface area contributed by atoms with Gasteiger partial charge in [-0.2, -0.15) is 18.4 Å². The Balaban J connectivity index is 3.44. The van der Waals surface area contributed by atoms with Crippen LogP contribution in [-0.2, 0) is 22.1 Å². The number of halogens is 5. The molecule has 9 heteroatoms. The van der Waals surface area contributed by atoms with Crippen LogP contribution in [0, 0.1) is 11.3 Å². The molecule has 114 valence electrons. The van der Waals surface area contributed by atoms with Gasteiger partial charge in [-0.05, 0) is 6.92 Å². The van der Waals surface area contributed by atoms with Crippen LogP contribution in [0.3, 0.4) is 0 Å². The van der Waals surface area contributed by atoms with Gasteiger partial charge in [-0.3, -0.25) is 9.78 Å². The van der Waals surface area contributed by atoms with Crippen LogP contribution >= 0.6 is 0 Å². The largest absolute Gasteiger partial charge is 0.466 e. The van der Waals surface area contributed by atoms with Crippen LogP contribution in [-0.4, -0.2) is 17.6 Å². The second-order valence-corrected chi connectivity index (χ2v) is 3.80. The molecule has 21 heavy (non-hydrogen) atoms. The van der Waals surface area contributed by atoms with Gasteiger partial charge < -0.3 is 4.74 Å². The Hall–Kier alpha value is -2.24. The van der Waals surface area contributed by atoms with Crippen molar-refractivity contribution in [3.05, 3.63) is 28.6 Å². The molecule has 0 atom stereocenters. The summed E-state index contributed by atoms with van der Waals surface area (Å²) in [7, 11) is 0. The number of nitriles is 1. The minimum absolute atomic E-state index is 0.0119. The van der Waals surface area contributed by atoms with Crippen LogP contribution in [0.1, 0.15) is 35.7 Å². The van der Waals surface area contributed by atoms with Gasteiger partial charge in [0.15, 0.2) is 0 Å². The molecule has 0 unspecified atom stereocenters. The van der Waals surface area contributed by atoms with Crippen molar-refractivity contribution in [1.29, 1.82) is 5.26 Å². The number of pyridine rings is 1. The Labute approximate surface area is 116 Å². The Morgan fingerprint density at radius 1 is 1.48 bits per heavy atom. The highest BCUT2D eigenvalue weighted by atomic mass is 19.4. The standard InChI is InChI=1S/C12H9F5N2O2/c1-2-21-9(20)3-8-6(4-18)10(12(15,16)17)7(5-19-8)11(13)14/h5,11H,2-3H2,1H3. The summed E-state index contributed by atoms with van der Waals surface area (Å²) >= 11 is 0. The van der Waals surface area contributed by atoms with E-state index in [0.29, 0.717) is 6.20 Å². The number of esters is 1. The summed E-state index contributed by atoms with van der Waals surface area (Å²) < 4.78 is 68.5. The SMILES string of the molecule is CCOC(=O)Cc1ncc(C(F)F)c(C(F)(F)F)c1C#N. The molecule has 4 nitrogen and oxygen atoms in total. The van der Waals surface area contributed by atoms with E-state index in [2.05, 4.69) is 9.72 Å². The molecule has 1 aromatic rings. The zero-order chi connectivity index (χ0) is 16.2. The fourth-order valence-corrected chi connectivity index (χ4v) is 1.64. The second-order valence-electron chi connectivity index (χ2n) is 3.80. The Kier molecular flexibility index (Phi) is 5.18. The molecule has 0 N–H and O–H groups in total. The number of ether oxygens (including phenoxy) is 1. The molecule has 0 saturated carbocycles. The summed E-state index contributed by atoms with van der Waals surface area (Å²) in [6.45, 7) is 1.47. The first kappa shape index (κ1) is 16.8. The van der Waals surface area contributed by atoms with Crippen LogP contribution in [0.2, 0.25) is 0 Å². The van der Waals surface area contributed by atoms with Gasteiger partial charge in [0.2, 0.25) is 0 Å². The summed E-state index contributed by atoms with van der Waals surface area (Å²) in [4.78, 5) is 14.6. The Morgan fingerprint density at radius 2 is 2.10 bits per heavy atom. The van der Waals surface area contributed by atoms with Gasteiger partial charge >= 0.3 is 12.1 Å². The number of hydrogen-bond acceptors (Lipinski definition) is 4. The van der Waals surface area contributed by atoms with E-state index in [1.165, 1.54) is 13.0 Å². The number of carbonyl (C=O) groups excluding carboxylic acids is 1. The summed E-state index contributed by atoms with van der Waals surface area (Å²) in [5.74, 6) is -0.903. The molecular weight excluding hydrogens is 299 g/mol. The third kappa shape index (κ3) is 3.87. The molecule has 0 aliphatic rings. The molecule has 0 fully saturated rings. The molecule has 0 aromatic carbocycles.